The molecule has 0 radical (unpaired) electrons. The molecule has 0 rings (SSSR count). The molecular weight excluding hydrogens is 98.1 g/mol. The Morgan fingerprint density at radius 1 is 1.25 bits per heavy atom. The van der Waals surface area contributed by atoms with Gasteiger partial charge in [-0.15, -0.1) is 0 Å². The van der Waals surface area contributed by atoms with E-state index in [1.165, 1.54) is 6.42 Å². The van der Waals surface area contributed by atoms with Crippen molar-refractivity contribution in [2.75, 3.05) is 6.54 Å². The van der Waals surface area contributed by atoms with E-state index in [0.29, 0.717) is 5.92 Å². The number of hydrogen-bond acceptors (Lipinski definition) is 1. The van der Waals surface area contributed by atoms with E-state index in [-0.39, 0.29) is 0 Å². The molecule has 0 bridgehead atoms. The van der Waals surface area contributed by atoms with Gasteiger partial charge in [0.25, 0.3) is 0 Å². The molecule has 0 spiro atoms. The van der Waals surface area contributed by atoms with Crippen molar-refractivity contribution in [3.63, 3.8) is 0 Å². The first kappa shape index (κ1) is 10.9. The van der Waals surface area contributed by atoms with Gasteiger partial charge >= 0.3 is 0 Å². The molecule has 0 aromatic rings. The molecule has 0 aliphatic heterocycles. The third kappa shape index (κ3) is 38.2. The second-order valence-corrected chi connectivity index (χ2v) is 2.34. The number of hydrogen-bond donors (Lipinski definition) is 1. The topological polar surface area (TPSA) is 26.0 Å². The summed E-state index contributed by atoms with van der Waals surface area (Å²) in [4.78, 5) is 0. The van der Waals surface area contributed by atoms with Crippen LogP contribution >= 0.6 is 0 Å². The van der Waals surface area contributed by atoms with Crippen LogP contribution in [0.3, 0.4) is 0 Å². The monoisotopic (exact) mass is 117 g/mol. The van der Waals surface area contributed by atoms with Crippen molar-refractivity contribution >= 4 is 0 Å². The fourth-order valence-corrected chi connectivity index (χ4v) is 0. The van der Waals surface area contributed by atoms with Crippen molar-refractivity contribution in [3.05, 3.63) is 0 Å². The molecule has 0 aromatic heterocycles. The van der Waals surface area contributed by atoms with Gasteiger partial charge in [-0.2, -0.15) is 0 Å². The van der Waals surface area contributed by atoms with Crippen LogP contribution in [0, 0.1) is 5.92 Å². The van der Waals surface area contributed by atoms with Crippen LogP contribution in [0.15, 0.2) is 0 Å². The van der Waals surface area contributed by atoms with Gasteiger partial charge in [0.15, 0.2) is 0 Å². The predicted molar refractivity (Wildman–Crippen MR) is 39.9 cm³/mol. The maximum absolute atomic E-state index is 5.17. The van der Waals surface area contributed by atoms with Crippen molar-refractivity contribution in [2.24, 2.45) is 11.7 Å². The lowest BCUT2D eigenvalue weighted by atomic mass is 10.2. The average Bonchev–Trinajstić information content (AvgIpc) is 1.69. The summed E-state index contributed by atoms with van der Waals surface area (Å²) in [6, 6.07) is 0. The predicted octanol–water partition coefficient (Wildman–Crippen LogP) is 2.02. The fourth-order valence-electron chi connectivity index (χ4n) is 0. The zero-order valence-electron chi connectivity index (χ0n) is 6.57. The lowest BCUT2D eigenvalue weighted by Crippen LogP contribution is -2.05. The lowest BCUT2D eigenvalue weighted by molar-refractivity contribution is 0.664. The van der Waals surface area contributed by atoms with Crippen LogP contribution in [-0.4, -0.2) is 6.54 Å². The first-order valence-electron chi connectivity index (χ1n) is 3.39. The second kappa shape index (κ2) is 10.0. The number of rotatable bonds is 1. The van der Waals surface area contributed by atoms with Gasteiger partial charge in [-0.3, -0.25) is 0 Å². The van der Waals surface area contributed by atoms with E-state index < -0.39 is 0 Å². The summed E-state index contributed by atoms with van der Waals surface area (Å²) >= 11 is 0. The highest BCUT2D eigenvalue weighted by atomic mass is 14.5. The molecule has 0 saturated carbocycles. The van der Waals surface area contributed by atoms with Crippen LogP contribution in [0.4, 0.5) is 0 Å². The standard InChI is InChI=1S/C4H11N.C3H8/c1-4(2)3-5;1-3-2/h4H,3,5H2,1-2H3;3H2,1-2H3. The highest BCUT2D eigenvalue weighted by Crippen LogP contribution is 1.81. The van der Waals surface area contributed by atoms with Gasteiger partial charge in [0.05, 0.1) is 0 Å². The first-order valence-corrected chi connectivity index (χ1v) is 3.39. The SMILES string of the molecule is CC(C)CN.CCC. The van der Waals surface area contributed by atoms with E-state index >= 15 is 0 Å². The maximum Gasteiger partial charge on any atom is -0.00541 e. The normalized spacial score (nSPS) is 8.25. The van der Waals surface area contributed by atoms with E-state index in [1.807, 2.05) is 0 Å². The quantitative estimate of drug-likeness (QED) is 0.558. The molecule has 1 heteroatoms. The minimum atomic E-state index is 0.662. The van der Waals surface area contributed by atoms with Crippen LogP contribution in [0.5, 0.6) is 0 Å². The van der Waals surface area contributed by atoms with Gasteiger partial charge < -0.3 is 5.73 Å². The van der Waals surface area contributed by atoms with Gasteiger partial charge in [0, 0.05) is 0 Å². The van der Waals surface area contributed by atoms with Crippen LogP contribution in [-0.2, 0) is 0 Å². The molecule has 0 atom stereocenters. The van der Waals surface area contributed by atoms with Crippen LogP contribution in [0.2, 0.25) is 0 Å². The van der Waals surface area contributed by atoms with Crippen molar-refractivity contribution in [2.45, 2.75) is 34.1 Å². The van der Waals surface area contributed by atoms with Crippen molar-refractivity contribution in [1.29, 1.82) is 0 Å². The van der Waals surface area contributed by atoms with Gasteiger partial charge in [-0.25, -0.2) is 0 Å². The Morgan fingerprint density at radius 3 is 1.38 bits per heavy atom. The minimum Gasteiger partial charge on any atom is -0.330 e. The largest absolute Gasteiger partial charge is 0.330 e. The Bertz CT molecular complexity index is 25.6. The Kier molecular flexibility index (Phi) is 13.6. The van der Waals surface area contributed by atoms with Crippen molar-refractivity contribution in [1.82, 2.24) is 0 Å². The molecule has 0 fully saturated rings. The van der Waals surface area contributed by atoms with E-state index in [1.54, 1.807) is 0 Å². The summed E-state index contributed by atoms with van der Waals surface area (Å²) in [6.07, 6.45) is 1.25. The van der Waals surface area contributed by atoms with E-state index in [9.17, 15) is 0 Å². The highest BCUT2D eigenvalue weighted by Gasteiger charge is 1.80. The smallest absolute Gasteiger partial charge is 0.00541 e. The third-order valence-electron chi connectivity index (χ3n) is 0.471. The Labute approximate surface area is 53.3 Å². The Hall–Kier alpha value is -0.0400. The molecule has 0 amide bonds. The molecule has 8 heavy (non-hydrogen) atoms. The molecule has 0 aromatic carbocycles. The molecule has 0 aliphatic rings. The summed E-state index contributed by atoms with van der Waals surface area (Å²) in [6.45, 7) is 9.25. The first-order chi connectivity index (χ1) is 3.68. The molecule has 1 nitrogen and oxygen atoms in total. The van der Waals surface area contributed by atoms with Gasteiger partial charge in [0.2, 0.25) is 0 Å². The zero-order chi connectivity index (χ0) is 6.99. The van der Waals surface area contributed by atoms with E-state index in [0.717, 1.165) is 6.54 Å². The lowest BCUT2D eigenvalue weighted by Gasteiger charge is -1.91. The third-order valence-corrected chi connectivity index (χ3v) is 0.471. The van der Waals surface area contributed by atoms with Crippen molar-refractivity contribution < 1.29 is 0 Å². The Morgan fingerprint density at radius 2 is 1.38 bits per heavy atom. The zero-order valence-corrected chi connectivity index (χ0v) is 6.57. The summed E-state index contributed by atoms with van der Waals surface area (Å²) in [5.41, 5.74) is 5.17. The van der Waals surface area contributed by atoms with Crippen LogP contribution < -0.4 is 5.73 Å². The van der Waals surface area contributed by atoms with Gasteiger partial charge in [0.1, 0.15) is 0 Å². The summed E-state index contributed by atoms with van der Waals surface area (Å²) in [5, 5.41) is 0. The molecular formula is C7H19N. The molecule has 0 saturated heterocycles. The van der Waals surface area contributed by atoms with Crippen LogP contribution in [0.1, 0.15) is 34.1 Å². The summed E-state index contributed by atoms with van der Waals surface area (Å²) in [7, 11) is 0. The average molecular weight is 117 g/mol. The summed E-state index contributed by atoms with van der Waals surface area (Å²) in [5.74, 6) is 0.662. The molecule has 0 aliphatic carbocycles. The fraction of sp³-hybridized carbons (Fsp3) is 1.00. The van der Waals surface area contributed by atoms with Crippen molar-refractivity contribution in [3.8, 4) is 0 Å². The number of nitrogens with two attached hydrogens (primary N) is 1. The maximum atomic E-state index is 5.17. The molecule has 0 heterocycles. The highest BCUT2D eigenvalue weighted by molar-refractivity contribution is 4.38. The van der Waals surface area contributed by atoms with Gasteiger partial charge in [-0.05, 0) is 12.5 Å². The summed E-state index contributed by atoms with van der Waals surface area (Å²) < 4.78 is 0. The Balaban J connectivity index is 0. The van der Waals surface area contributed by atoms with E-state index in [4.69, 9.17) is 5.73 Å². The second-order valence-electron chi connectivity index (χ2n) is 2.34. The minimum absolute atomic E-state index is 0.662. The molecule has 2 N–H and O–H groups in total. The van der Waals surface area contributed by atoms with Crippen LogP contribution in [0.25, 0.3) is 0 Å². The molecule has 52 valence electrons. The van der Waals surface area contributed by atoms with Gasteiger partial charge in [-0.1, -0.05) is 34.1 Å². The van der Waals surface area contributed by atoms with E-state index in [2.05, 4.69) is 27.7 Å². The molecule has 0 unspecified atom stereocenters.